The predicted molar refractivity (Wildman–Crippen MR) is 57.8 cm³/mol. The summed E-state index contributed by atoms with van der Waals surface area (Å²) in [5.41, 5.74) is 0.454. The van der Waals surface area contributed by atoms with Crippen molar-refractivity contribution in [2.75, 3.05) is 6.54 Å². The second kappa shape index (κ2) is 3.66. The van der Waals surface area contributed by atoms with E-state index in [0.29, 0.717) is 12.3 Å². The van der Waals surface area contributed by atoms with Gasteiger partial charge in [-0.1, -0.05) is 30.3 Å². The van der Waals surface area contributed by atoms with Crippen LogP contribution in [0.5, 0.6) is 0 Å². The molecule has 1 saturated heterocycles. The van der Waals surface area contributed by atoms with E-state index in [1.54, 1.807) is 6.92 Å². The number of carbonyl (C=O) groups is 1. The Balaban J connectivity index is 2.14. The summed E-state index contributed by atoms with van der Waals surface area (Å²) in [5, 5.41) is 12.2. The minimum absolute atomic E-state index is 0.312. The fourth-order valence-electron chi connectivity index (χ4n) is 2.11. The number of nitrogens with one attached hydrogen (secondary N) is 1. The van der Waals surface area contributed by atoms with Crippen LogP contribution in [0.25, 0.3) is 0 Å². The van der Waals surface area contributed by atoms with Gasteiger partial charge in [0, 0.05) is 6.54 Å². The maximum Gasteiger partial charge on any atom is 0.323 e. The summed E-state index contributed by atoms with van der Waals surface area (Å²) < 4.78 is 0. The van der Waals surface area contributed by atoms with Crippen LogP contribution in [0.1, 0.15) is 24.8 Å². The Bertz CT molecular complexity index is 363. The number of carboxylic acids is 1. The molecule has 1 aliphatic heterocycles. The quantitative estimate of drug-likeness (QED) is 0.771. The lowest BCUT2D eigenvalue weighted by molar-refractivity contribution is -0.143. The molecule has 0 saturated carbocycles. The first kappa shape index (κ1) is 10.2. The molecule has 2 atom stereocenters. The van der Waals surface area contributed by atoms with Gasteiger partial charge in [0.05, 0.1) is 0 Å². The van der Waals surface area contributed by atoms with Crippen molar-refractivity contribution in [3.63, 3.8) is 0 Å². The molecular weight excluding hydrogens is 190 g/mol. The van der Waals surface area contributed by atoms with Crippen molar-refractivity contribution in [1.29, 1.82) is 0 Å². The first-order chi connectivity index (χ1) is 7.12. The standard InChI is InChI=1S/C12H15NO2/c1-12(11(14)15)7-10(8-13-12)9-5-3-2-4-6-9/h2-6,10,13H,7-8H2,1H3,(H,14,15). The first-order valence-electron chi connectivity index (χ1n) is 5.15. The Morgan fingerprint density at radius 2 is 2.13 bits per heavy atom. The van der Waals surface area contributed by atoms with Crippen molar-refractivity contribution >= 4 is 5.97 Å². The van der Waals surface area contributed by atoms with Gasteiger partial charge in [-0.25, -0.2) is 0 Å². The summed E-state index contributed by atoms with van der Waals surface area (Å²) in [6.07, 6.45) is 0.659. The fourth-order valence-corrected chi connectivity index (χ4v) is 2.11. The van der Waals surface area contributed by atoms with Gasteiger partial charge in [0.2, 0.25) is 0 Å². The Kier molecular flexibility index (Phi) is 2.49. The second-order valence-corrected chi connectivity index (χ2v) is 4.33. The van der Waals surface area contributed by atoms with E-state index in [4.69, 9.17) is 5.11 Å². The first-order valence-corrected chi connectivity index (χ1v) is 5.15. The maximum absolute atomic E-state index is 11.0. The van der Waals surface area contributed by atoms with Crippen molar-refractivity contribution in [3.05, 3.63) is 35.9 Å². The van der Waals surface area contributed by atoms with E-state index >= 15 is 0 Å². The van der Waals surface area contributed by atoms with E-state index in [1.807, 2.05) is 18.2 Å². The smallest absolute Gasteiger partial charge is 0.323 e. The molecule has 80 valence electrons. The largest absolute Gasteiger partial charge is 0.480 e. The molecule has 0 aliphatic carbocycles. The molecule has 0 bridgehead atoms. The van der Waals surface area contributed by atoms with Crippen LogP contribution in [0.3, 0.4) is 0 Å². The van der Waals surface area contributed by atoms with Crippen molar-refractivity contribution < 1.29 is 9.90 Å². The van der Waals surface area contributed by atoms with Crippen LogP contribution in [0, 0.1) is 0 Å². The molecule has 0 spiro atoms. The Morgan fingerprint density at radius 3 is 2.67 bits per heavy atom. The van der Waals surface area contributed by atoms with E-state index in [2.05, 4.69) is 17.4 Å². The number of hydrogen-bond donors (Lipinski definition) is 2. The third-order valence-electron chi connectivity index (χ3n) is 3.14. The second-order valence-electron chi connectivity index (χ2n) is 4.33. The predicted octanol–water partition coefficient (Wildman–Crippen LogP) is 1.61. The normalized spacial score (nSPS) is 30.3. The number of hydrogen-bond acceptors (Lipinski definition) is 2. The van der Waals surface area contributed by atoms with Gasteiger partial charge in [-0.15, -0.1) is 0 Å². The molecule has 2 N–H and O–H groups in total. The molecule has 2 rings (SSSR count). The van der Waals surface area contributed by atoms with Gasteiger partial charge in [-0.2, -0.15) is 0 Å². The molecular formula is C12H15NO2. The van der Waals surface area contributed by atoms with Crippen LogP contribution in [0.2, 0.25) is 0 Å². The van der Waals surface area contributed by atoms with Crippen LogP contribution in [0.15, 0.2) is 30.3 Å². The van der Waals surface area contributed by atoms with Gasteiger partial charge in [0.15, 0.2) is 0 Å². The monoisotopic (exact) mass is 205 g/mol. The molecule has 2 unspecified atom stereocenters. The van der Waals surface area contributed by atoms with Crippen molar-refractivity contribution in [1.82, 2.24) is 5.32 Å². The molecule has 0 radical (unpaired) electrons. The Labute approximate surface area is 89.1 Å². The molecule has 3 nitrogen and oxygen atoms in total. The summed E-state index contributed by atoms with van der Waals surface area (Å²) >= 11 is 0. The van der Waals surface area contributed by atoms with Gasteiger partial charge >= 0.3 is 5.97 Å². The third kappa shape index (κ3) is 1.88. The molecule has 3 heteroatoms. The lowest BCUT2D eigenvalue weighted by atomic mass is 9.90. The summed E-state index contributed by atoms with van der Waals surface area (Å²) in [5.74, 6) is -0.451. The fraction of sp³-hybridized carbons (Fsp3) is 0.417. The zero-order valence-electron chi connectivity index (χ0n) is 8.73. The van der Waals surface area contributed by atoms with Gasteiger partial charge < -0.3 is 10.4 Å². The van der Waals surface area contributed by atoms with Gasteiger partial charge in [0.25, 0.3) is 0 Å². The molecule has 1 fully saturated rings. The van der Waals surface area contributed by atoms with Crippen molar-refractivity contribution in [2.24, 2.45) is 0 Å². The zero-order chi connectivity index (χ0) is 10.9. The molecule has 1 aliphatic rings. The van der Waals surface area contributed by atoms with E-state index in [0.717, 1.165) is 6.54 Å². The average Bonchev–Trinajstić information content (AvgIpc) is 2.64. The van der Waals surface area contributed by atoms with Crippen LogP contribution in [0.4, 0.5) is 0 Å². The molecule has 0 aromatic heterocycles. The van der Waals surface area contributed by atoms with E-state index in [-0.39, 0.29) is 0 Å². The molecule has 15 heavy (non-hydrogen) atoms. The molecule has 0 amide bonds. The van der Waals surface area contributed by atoms with Crippen LogP contribution in [-0.2, 0) is 4.79 Å². The molecule has 1 heterocycles. The van der Waals surface area contributed by atoms with E-state index in [9.17, 15) is 4.79 Å². The third-order valence-corrected chi connectivity index (χ3v) is 3.14. The summed E-state index contributed by atoms with van der Waals surface area (Å²) in [6.45, 7) is 2.49. The van der Waals surface area contributed by atoms with Crippen LogP contribution < -0.4 is 5.32 Å². The lowest BCUT2D eigenvalue weighted by Crippen LogP contribution is -2.44. The average molecular weight is 205 g/mol. The van der Waals surface area contributed by atoms with E-state index < -0.39 is 11.5 Å². The molecule has 1 aromatic rings. The van der Waals surface area contributed by atoms with Crippen LogP contribution in [-0.4, -0.2) is 23.2 Å². The number of aliphatic carboxylic acids is 1. The van der Waals surface area contributed by atoms with Crippen molar-refractivity contribution in [2.45, 2.75) is 24.8 Å². The highest BCUT2D eigenvalue weighted by atomic mass is 16.4. The van der Waals surface area contributed by atoms with Gasteiger partial charge in [-0.05, 0) is 24.8 Å². The Hall–Kier alpha value is -1.35. The van der Waals surface area contributed by atoms with Gasteiger partial charge in [-0.3, -0.25) is 4.79 Å². The summed E-state index contributed by atoms with van der Waals surface area (Å²) in [4.78, 5) is 11.0. The highest BCUT2D eigenvalue weighted by Crippen LogP contribution is 2.31. The molecule has 1 aromatic carbocycles. The Morgan fingerprint density at radius 1 is 1.47 bits per heavy atom. The van der Waals surface area contributed by atoms with Crippen molar-refractivity contribution in [3.8, 4) is 0 Å². The number of rotatable bonds is 2. The summed E-state index contributed by atoms with van der Waals surface area (Å²) in [6, 6.07) is 10.1. The SMILES string of the molecule is CC1(C(=O)O)CC(c2ccccc2)CN1. The van der Waals surface area contributed by atoms with E-state index in [1.165, 1.54) is 5.56 Å². The zero-order valence-corrected chi connectivity index (χ0v) is 8.73. The number of carboxylic acid groups (broad SMARTS) is 1. The number of benzene rings is 1. The summed E-state index contributed by atoms with van der Waals surface area (Å²) in [7, 11) is 0. The topological polar surface area (TPSA) is 49.3 Å². The highest BCUT2D eigenvalue weighted by molar-refractivity contribution is 5.79. The van der Waals surface area contributed by atoms with Gasteiger partial charge in [0.1, 0.15) is 5.54 Å². The highest BCUT2D eigenvalue weighted by Gasteiger charge is 2.41. The van der Waals surface area contributed by atoms with Crippen LogP contribution >= 0.6 is 0 Å². The minimum atomic E-state index is -0.763. The maximum atomic E-state index is 11.0. The minimum Gasteiger partial charge on any atom is -0.480 e. The lowest BCUT2D eigenvalue weighted by Gasteiger charge is -2.18.